The van der Waals surface area contributed by atoms with Crippen molar-refractivity contribution in [1.29, 1.82) is 0 Å². The maximum atomic E-state index is 12.2. The van der Waals surface area contributed by atoms with Crippen LogP contribution in [0.2, 0.25) is 0 Å². The fraction of sp³-hybridized carbons (Fsp3) is 0.429. The number of aldehydes is 1. The van der Waals surface area contributed by atoms with Gasteiger partial charge in [0.25, 0.3) is 0 Å². The molecule has 0 aliphatic rings. The molecule has 0 aromatic carbocycles. The second-order valence-corrected chi connectivity index (χ2v) is 5.23. The lowest BCUT2D eigenvalue weighted by atomic mass is 10.3. The van der Waals surface area contributed by atoms with Gasteiger partial charge in [0.2, 0.25) is 0 Å². The number of rotatable bonds is 3. The van der Waals surface area contributed by atoms with Crippen molar-refractivity contribution in [3.8, 4) is 0 Å². The molecule has 16 heavy (non-hydrogen) atoms. The second kappa shape index (κ2) is 3.89. The van der Waals surface area contributed by atoms with Crippen LogP contribution in [0.25, 0.3) is 0 Å². The van der Waals surface area contributed by atoms with Gasteiger partial charge >= 0.3 is 6.18 Å². The van der Waals surface area contributed by atoms with E-state index in [9.17, 15) is 26.4 Å². The number of nitrogens with zero attached hydrogens (tertiary/aromatic N) is 2. The van der Waals surface area contributed by atoms with Gasteiger partial charge in [0.15, 0.2) is 21.8 Å². The van der Waals surface area contributed by atoms with Crippen LogP contribution in [0.4, 0.5) is 13.2 Å². The summed E-state index contributed by atoms with van der Waals surface area (Å²) in [5.41, 5.74) is -1.73. The normalized spacial score (nSPS) is 12.8. The minimum Gasteiger partial charge on any atom is -0.296 e. The van der Waals surface area contributed by atoms with Gasteiger partial charge in [-0.3, -0.25) is 4.79 Å². The van der Waals surface area contributed by atoms with Crippen LogP contribution in [0.1, 0.15) is 16.2 Å². The Labute approximate surface area is 88.8 Å². The molecular weight excluding hydrogens is 249 g/mol. The van der Waals surface area contributed by atoms with Crippen molar-refractivity contribution >= 4 is 16.1 Å². The summed E-state index contributed by atoms with van der Waals surface area (Å²) in [7, 11) is -3.57. The predicted octanol–water partition coefficient (Wildman–Crippen LogP) is 0.717. The molecule has 0 aliphatic carbocycles. The molecule has 1 aromatic rings. The summed E-state index contributed by atoms with van der Waals surface area (Å²) in [6, 6.07) is 0.498. The third kappa shape index (κ3) is 3.05. The first-order chi connectivity index (χ1) is 7.13. The first kappa shape index (κ1) is 12.7. The van der Waals surface area contributed by atoms with Crippen LogP contribution in [-0.2, 0) is 21.9 Å². The van der Waals surface area contributed by atoms with E-state index >= 15 is 0 Å². The van der Waals surface area contributed by atoms with Crippen LogP contribution >= 0.6 is 0 Å². The molecule has 0 fully saturated rings. The Balaban J connectivity index is 3.20. The Morgan fingerprint density at radius 1 is 1.50 bits per heavy atom. The molecule has 0 bridgehead atoms. The molecule has 90 valence electrons. The molecule has 5 nitrogen and oxygen atoms in total. The first-order valence-electron chi connectivity index (χ1n) is 3.91. The minimum absolute atomic E-state index is 0.118. The summed E-state index contributed by atoms with van der Waals surface area (Å²) in [4.78, 5) is 10.4. The highest BCUT2D eigenvalue weighted by Crippen LogP contribution is 2.28. The van der Waals surface area contributed by atoms with Crippen molar-refractivity contribution in [2.75, 3.05) is 6.26 Å². The highest BCUT2D eigenvalue weighted by molar-refractivity contribution is 7.89. The Kier molecular flexibility index (Phi) is 3.08. The number of hydrogen-bond donors (Lipinski definition) is 0. The molecular formula is C7H7F3N2O3S. The van der Waals surface area contributed by atoms with Gasteiger partial charge in [0.1, 0.15) is 11.6 Å². The number of carbonyl (C=O) groups excluding carboxylic acids is 1. The summed E-state index contributed by atoms with van der Waals surface area (Å²) in [5.74, 6) is -0.767. The molecule has 1 aromatic heterocycles. The van der Waals surface area contributed by atoms with Crippen molar-refractivity contribution in [3.05, 3.63) is 17.5 Å². The van der Waals surface area contributed by atoms with E-state index < -0.39 is 33.3 Å². The van der Waals surface area contributed by atoms with Crippen molar-refractivity contribution in [3.63, 3.8) is 0 Å². The van der Waals surface area contributed by atoms with Crippen LogP contribution in [0.5, 0.6) is 0 Å². The lowest BCUT2D eigenvalue weighted by Gasteiger charge is -2.02. The highest BCUT2D eigenvalue weighted by atomic mass is 32.2. The van der Waals surface area contributed by atoms with Crippen molar-refractivity contribution in [2.24, 2.45) is 0 Å². The topological polar surface area (TPSA) is 69.0 Å². The summed E-state index contributed by atoms with van der Waals surface area (Å²) >= 11 is 0. The number of sulfone groups is 1. The molecule has 0 spiro atoms. The average molecular weight is 256 g/mol. The van der Waals surface area contributed by atoms with Gasteiger partial charge in [-0.25, -0.2) is 13.1 Å². The van der Waals surface area contributed by atoms with Gasteiger partial charge in [-0.2, -0.15) is 18.3 Å². The van der Waals surface area contributed by atoms with Gasteiger partial charge in [0, 0.05) is 6.26 Å². The van der Waals surface area contributed by atoms with Gasteiger partial charge in [-0.05, 0) is 6.07 Å². The lowest BCUT2D eigenvalue weighted by molar-refractivity contribution is -0.141. The van der Waals surface area contributed by atoms with Crippen LogP contribution < -0.4 is 0 Å². The maximum absolute atomic E-state index is 12.2. The lowest BCUT2D eigenvalue weighted by Crippen LogP contribution is -2.14. The minimum atomic E-state index is -4.71. The highest BCUT2D eigenvalue weighted by Gasteiger charge is 2.35. The molecule has 1 heterocycles. The Morgan fingerprint density at radius 3 is 2.44 bits per heavy atom. The molecule has 0 radical (unpaired) electrons. The van der Waals surface area contributed by atoms with Crippen LogP contribution in [0.15, 0.2) is 6.07 Å². The number of aromatic nitrogens is 2. The summed E-state index contributed by atoms with van der Waals surface area (Å²) in [5, 5.41) is 3.02. The first-order valence-corrected chi connectivity index (χ1v) is 5.97. The molecule has 0 saturated heterocycles. The van der Waals surface area contributed by atoms with Gasteiger partial charge in [-0.1, -0.05) is 0 Å². The predicted molar refractivity (Wildman–Crippen MR) is 47.5 cm³/mol. The van der Waals surface area contributed by atoms with Crippen LogP contribution in [0, 0.1) is 0 Å². The quantitative estimate of drug-likeness (QED) is 0.747. The molecule has 1 rings (SSSR count). The molecule has 0 N–H and O–H groups in total. The van der Waals surface area contributed by atoms with E-state index in [0.29, 0.717) is 10.7 Å². The SMILES string of the molecule is CS(=O)(=O)Cn1nc(C(F)(F)F)cc1C=O. The van der Waals surface area contributed by atoms with Crippen molar-refractivity contribution in [2.45, 2.75) is 12.1 Å². The van der Waals surface area contributed by atoms with E-state index in [4.69, 9.17) is 0 Å². The van der Waals surface area contributed by atoms with Gasteiger partial charge in [0.05, 0.1) is 0 Å². The largest absolute Gasteiger partial charge is 0.435 e. The third-order valence-corrected chi connectivity index (χ3v) is 2.29. The van der Waals surface area contributed by atoms with E-state index in [0.717, 1.165) is 6.26 Å². The van der Waals surface area contributed by atoms with Crippen molar-refractivity contribution < 1.29 is 26.4 Å². The monoisotopic (exact) mass is 256 g/mol. The van der Waals surface area contributed by atoms with Gasteiger partial charge in [-0.15, -0.1) is 0 Å². The number of halogens is 3. The zero-order valence-electron chi connectivity index (χ0n) is 8.02. The summed E-state index contributed by atoms with van der Waals surface area (Å²) in [6.45, 7) is 0. The smallest absolute Gasteiger partial charge is 0.296 e. The zero-order valence-corrected chi connectivity index (χ0v) is 8.84. The Morgan fingerprint density at radius 2 is 2.06 bits per heavy atom. The molecule has 0 unspecified atom stereocenters. The average Bonchev–Trinajstić information content (AvgIpc) is 2.43. The van der Waals surface area contributed by atoms with Crippen LogP contribution in [0.3, 0.4) is 0 Å². The zero-order chi connectivity index (χ0) is 12.6. The molecule has 9 heteroatoms. The molecule has 0 saturated carbocycles. The number of carbonyl (C=O) groups is 1. The van der Waals surface area contributed by atoms with E-state index in [2.05, 4.69) is 5.10 Å². The Bertz CT molecular complexity index is 503. The molecule has 0 amide bonds. The summed E-state index contributed by atoms with van der Waals surface area (Å²) < 4.78 is 58.9. The third-order valence-electron chi connectivity index (χ3n) is 1.58. The van der Waals surface area contributed by atoms with Crippen LogP contribution in [-0.4, -0.2) is 30.7 Å². The van der Waals surface area contributed by atoms with E-state index in [1.165, 1.54) is 0 Å². The fourth-order valence-electron chi connectivity index (χ4n) is 0.990. The van der Waals surface area contributed by atoms with E-state index in [-0.39, 0.29) is 6.29 Å². The number of hydrogen-bond acceptors (Lipinski definition) is 4. The molecule has 0 aliphatic heterocycles. The maximum Gasteiger partial charge on any atom is 0.435 e. The fourth-order valence-corrected chi connectivity index (χ4v) is 1.64. The Hall–Kier alpha value is -1.38. The number of alkyl halides is 3. The van der Waals surface area contributed by atoms with Gasteiger partial charge < -0.3 is 0 Å². The summed E-state index contributed by atoms with van der Waals surface area (Å²) in [6.07, 6.45) is -3.76. The molecule has 0 atom stereocenters. The van der Waals surface area contributed by atoms with E-state index in [1.54, 1.807) is 0 Å². The van der Waals surface area contributed by atoms with Crippen molar-refractivity contribution in [1.82, 2.24) is 9.78 Å². The second-order valence-electron chi connectivity index (χ2n) is 3.12. The van der Waals surface area contributed by atoms with E-state index in [1.807, 2.05) is 0 Å². The standard InChI is InChI=1S/C7H7F3N2O3S/c1-16(14,15)4-12-5(3-13)2-6(11-12)7(8,9)10/h2-3H,4H2,1H3.